The van der Waals surface area contributed by atoms with Gasteiger partial charge < -0.3 is 15.2 Å². The minimum Gasteiger partial charge on any atom is -0.480 e. The summed E-state index contributed by atoms with van der Waals surface area (Å²) in [4.78, 5) is 22.7. The van der Waals surface area contributed by atoms with Crippen LogP contribution in [-0.2, 0) is 16.0 Å². The van der Waals surface area contributed by atoms with Gasteiger partial charge in [0.1, 0.15) is 11.6 Å². The fourth-order valence-corrected chi connectivity index (χ4v) is 1.75. The summed E-state index contributed by atoms with van der Waals surface area (Å²) >= 11 is 0. The van der Waals surface area contributed by atoms with Crippen LogP contribution in [0.2, 0.25) is 0 Å². The summed E-state index contributed by atoms with van der Waals surface area (Å²) in [6.45, 7) is 4.93. The van der Waals surface area contributed by atoms with Crippen molar-refractivity contribution in [2.45, 2.75) is 45.3 Å². The van der Waals surface area contributed by atoms with Gasteiger partial charge >= 0.3 is 12.1 Å². The second kappa shape index (κ2) is 7.20. The average molecular weight is 315 g/mol. The molecule has 1 aromatic carbocycles. The minimum absolute atomic E-state index is 0.0314. The molecule has 1 unspecified atom stereocenters. The lowest BCUT2D eigenvalue weighted by atomic mass is 10.0. The predicted octanol–water partition coefficient (Wildman–Crippen LogP) is 2.88. The van der Waals surface area contributed by atoms with Gasteiger partial charge in [-0.2, -0.15) is 0 Å². The van der Waals surface area contributed by atoms with E-state index in [0.717, 1.165) is 6.07 Å². The SMILES string of the molecule is CC(C)(C)OC(=O)NC(CCc1cccc(F)c1F)C(=O)O. The Morgan fingerprint density at radius 2 is 1.95 bits per heavy atom. The number of ether oxygens (including phenoxy) is 1. The van der Waals surface area contributed by atoms with Crippen LogP contribution in [0.5, 0.6) is 0 Å². The van der Waals surface area contributed by atoms with Crippen LogP contribution < -0.4 is 5.32 Å². The fourth-order valence-electron chi connectivity index (χ4n) is 1.75. The number of nitrogens with one attached hydrogen (secondary N) is 1. The van der Waals surface area contributed by atoms with Gasteiger partial charge in [0, 0.05) is 0 Å². The standard InChI is InChI=1S/C15H19F2NO4/c1-15(2,3)22-14(21)18-11(13(19)20)8-7-9-5-4-6-10(16)12(9)17/h4-6,11H,7-8H2,1-3H3,(H,18,21)(H,19,20). The Kier molecular flexibility index (Phi) is 5.84. The molecule has 0 aliphatic carbocycles. The van der Waals surface area contributed by atoms with Gasteiger partial charge in [0.05, 0.1) is 0 Å². The van der Waals surface area contributed by atoms with Gasteiger partial charge in [-0.05, 0) is 45.2 Å². The van der Waals surface area contributed by atoms with E-state index in [-0.39, 0.29) is 18.4 Å². The van der Waals surface area contributed by atoms with Crippen LogP contribution in [0.3, 0.4) is 0 Å². The Morgan fingerprint density at radius 3 is 2.50 bits per heavy atom. The van der Waals surface area contributed by atoms with Crippen LogP contribution in [0, 0.1) is 11.6 Å². The summed E-state index contributed by atoms with van der Waals surface area (Å²) in [5.74, 6) is -3.28. The molecule has 1 amide bonds. The maximum absolute atomic E-state index is 13.5. The third kappa shape index (κ3) is 5.67. The minimum atomic E-state index is -1.28. The van der Waals surface area contributed by atoms with Crippen LogP contribution in [0.1, 0.15) is 32.8 Å². The van der Waals surface area contributed by atoms with E-state index < -0.39 is 35.3 Å². The van der Waals surface area contributed by atoms with Crippen LogP contribution in [-0.4, -0.2) is 28.8 Å². The lowest BCUT2D eigenvalue weighted by molar-refractivity contribution is -0.139. The molecule has 1 atom stereocenters. The smallest absolute Gasteiger partial charge is 0.408 e. The topological polar surface area (TPSA) is 75.6 Å². The Bertz CT molecular complexity index is 555. The first-order valence-corrected chi connectivity index (χ1v) is 6.75. The summed E-state index contributed by atoms with van der Waals surface area (Å²) in [5, 5.41) is 11.3. The van der Waals surface area contributed by atoms with E-state index in [1.54, 1.807) is 20.8 Å². The molecule has 0 radical (unpaired) electrons. The van der Waals surface area contributed by atoms with Crippen LogP contribution in [0.15, 0.2) is 18.2 Å². The van der Waals surface area contributed by atoms with Crippen molar-refractivity contribution in [1.29, 1.82) is 0 Å². The number of carboxylic acids is 1. The summed E-state index contributed by atoms with van der Waals surface area (Å²) in [7, 11) is 0. The summed E-state index contributed by atoms with van der Waals surface area (Å²) < 4.78 is 31.5. The van der Waals surface area contributed by atoms with Crippen LogP contribution in [0.25, 0.3) is 0 Å². The molecule has 0 saturated carbocycles. The monoisotopic (exact) mass is 315 g/mol. The summed E-state index contributed by atoms with van der Waals surface area (Å²) in [5.41, 5.74) is -0.709. The molecule has 0 spiro atoms. The van der Waals surface area contributed by atoms with Crippen molar-refractivity contribution in [3.8, 4) is 0 Å². The molecule has 0 fully saturated rings. The highest BCUT2D eigenvalue weighted by Gasteiger charge is 2.24. The highest BCUT2D eigenvalue weighted by Crippen LogP contribution is 2.14. The first-order valence-electron chi connectivity index (χ1n) is 6.75. The molecule has 0 aliphatic heterocycles. The Balaban J connectivity index is 2.67. The van der Waals surface area contributed by atoms with Crippen LogP contribution >= 0.6 is 0 Å². The van der Waals surface area contributed by atoms with Gasteiger partial charge in [-0.25, -0.2) is 18.4 Å². The van der Waals surface area contributed by atoms with E-state index in [2.05, 4.69) is 5.32 Å². The first kappa shape index (κ1) is 17.9. The Morgan fingerprint density at radius 1 is 1.32 bits per heavy atom. The molecular weight excluding hydrogens is 296 g/mol. The molecule has 5 nitrogen and oxygen atoms in total. The number of halogens is 2. The number of benzene rings is 1. The molecule has 0 saturated heterocycles. The van der Waals surface area contributed by atoms with Crippen LogP contribution in [0.4, 0.5) is 13.6 Å². The average Bonchev–Trinajstić information content (AvgIpc) is 2.36. The van der Waals surface area contributed by atoms with Gasteiger partial charge in [-0.3, -0.25) is 0 Å². The molecule has 1 rings (SSSR count). The summed E-state index contributed by atoms with van der Waals surface area (Å²) in [6.07, 6.45) is -0.995. The quantitative estimate of drug-likeness (QED) is 0.876. The molecule has 122 valence electrons. The molecular formula is C15H19F2NO4. The van der Waals surface area contributed by atoms with Gasteiger partial charge in [0.2, 0.25) is 0 Å². The van der Waals surface area contributed by atoms with Crippen molar-refractivity contribution in [3.05, 3.63) is 35.4 Å². The zero-order valence-corrected chi connectivity index (χ0v) is 12.7. The van der Waals surface area contributed by atoms with Crippen molar-refractivity contribution in [1.82, 2.24) is 5.32 Å². The zero-order chi connectivity index (χ0) is 16.9. The van der Waals surface area contributed by atoms with E-state index >= 15 is 0 Å². The third-order valence-corrected chi connectivity index (χ3v) is 2.72. The number of alkyl carbamates (subject to hydrolysis) is 1. The van der Waals surface area contributed by atoms with Crippen molar-refractivity contribution < 1.29 is 28.2 Å². The largest absolute Gasteiger partial charge is 0.480 e. The number of aryl methyl sites for hydroxylation is 1. The van der Waals surface area contributed by atoms with Gasteiger partial charge in [-0.15, -0.1) is 0 Å². The lowest BCUT2D eigenvalue weighted by Gasteiger charge is -2.22. The van der Waals surface area contributed by atoms with Crippen molar-refractivity contribution >= 4 is 12.1 Å². The van der Waals surface area contributed by atoms with Crippen molar-refractivity contribution in [2.24, 2.45) is 0 Å². The van der Waals surface area contributed by atoms with E-state index in [9.17, 15) is 18.4 Å². The summed E-state index contributed by atoms with van der Waals surface area (Å²) in [6, 6.07) is 2.43. The number of carboxylic acid groups (broad SMARTS) is 1. The highest BCUT2D eigenvalue weighted by atomic mass is 19.2. The lowest BCUT2D eigenvalue weighted by Crippen LogP contribution is -2.43. The second-order valence-corrected chi connectivity index (χ2v) is 5.79. The highest BCUT2D eigenvalue weighted by molar-refractivity contribution is 5.80. The van der Waals surface area contributed by atoms with Gasteiger partial charge in [-0.1, -0.05) is 12.1 Å². The number of carbonyl (C=O) groups is 2. The molecule has 7 heteroatoms. The number of carbonyl (C=O) groups excluding carboxylic acids is 1. The van der Waals surface area contributed by atoms with Crippen molar-refractivity contribution in [3.63, 3.8) is 0 Å². The van der Waals surface area contributed by atoms with Gasteiger partial charge in [0.25, 0.3) is 0 Å². The van der Waals surface area contributed by atoms with Gasteiger partial charge in [0.15, 0.2) is 11.6 Å². The zero-order valence-electron chi connectivity index (χ0n) is 12.7. The van der Waals surface area contributed by atoms with E-state index in [1.165, 1.54) is 12.1 Å². The molecule has 0 bridgehead atoms. The number of amides is 1. The number of rotatable bonds is 5. The third-order valence-electron chi connectivity index (χ3n) is 2.72. The molecule has 0 heterocycles. The second-order valence-electron chi connectivity index (χ2n) is 5.79. The van der Waals surface area contributed by atoms with E-state index in [0.29, 0.717) is 0 Å². The van der Waals surface area contributed by atoms with Crippen molar-refractivity contribution in [2.75, 3.05) is 0 Å². The molecule has 1 aromatic rings. The number of hydrogen-bond acceptors (Lipinski definition) is 3. The Hall–Kier alpha value is -2.18. The molecule has 0 aromatic heterocycles. The number of aliphatic carboxylic acids is 1. The normalized spacial score (nSPS) is 12.6. The fraction of sp³-hybridized carbons (Fsp3) is 0.467. The molecule has 2 N–H and O–H groups in total. The maximum atomic E-state index is 13.5. The Labute approximate surface area is 127 Å². The number of hydrogen-bond donors (Lipinski definition) is 2. The van der Waals surface area contributed by atoms with E-state index in [4.69, 9.17) is 9.84 Å². The predicted molar refractivity (Wildman–Crippen MR) is 75.5 cm³/mol. The van der Waals surface area contributed by atoms with E-state index in [1.807, 2.05) is 0 Å². The maximum Gasteiger partial charge on any atom is 0.408 e. The molecule has 0 aliphatic rings. The first-order chi connectivity index (χ1) is 10.1. The molecule has 22 heavy (non-hydrogen) atoms.